The molecule has 0 spiro atoms. The first-order chi connectivity index (χ1) is 10.3. The molecule has 0 aliphatic carbocycles. The quantitative estimate of drug-likeness (QED) is 0.863. The van der Waals surface area contributed by atoms with Gasteiger partial charge in [-0.15, -0.1) is 0 Å². The Morgan fingerprint density at radius 1 is 1.23 bits per heavy atom. The largest absolute Gasteiger partial charge is 0.454 e. The zero-order valence-electron chi connectivity index (χ0n) is 13.4. The van der Waals surface area contributed by atoms with Crippen LogP contribution in [-0.4, -0.2) is 35.6 Å². The molecule has 0 atom stereocenters. The van der Waals surface area contributed by atoms with Gasteiger partial charge in [0.05, 0.1) is 0 Å². The third-order valence-corrected chi connectivity index (χ3v) is 3.46. The van der Waals surface area contributed by atoms with Gasteiger partial charge in [-0.1, -0.05) is 6.07 Å². The van der Waals surface area contributed by atoms with Gasteiger partial charge in [0.1, 0.15) is 0 Å². The fourth-order valence-electron chi connectivity index (χ4n) is 2.35. The van der Waals surface area contributed by atoms with Crippen molar-refractivity contribution in [3.05, 3.63) is 23.8 Å². The predicted octanol–water partition coefficient (Wildman–Crippen LogP) is 1.68. The van der Waals surface area contributed by atoms with Crippen LogP contribution in [0.2, 0.25) is 0 Å². The molecular formula is C16H22N2O4. The van der Waals surface area contributed by atoms with Crippen molar-refractivity contribution in [3.63, 3.8) is 0 Å². The van der Waals surface area contributed by atoms with E-state index in [-0.39, 0.29) is 18.9 Å². The Labute approximate surface area is 130 Å². The number of amides is 2. The van der Waals surface area contributed by atoms with Crippen LogP contribution >= 0.6 is 0 Å². The molecule has 1 N–H and O–H groups in total. The summed E-state index contributed by atoms with van der Waals surface area (Å²) in [6.07, 6.45) is 0. The maximum absolute atomic E-state index is 12.2. The number of hydrogen-bond donors (Lipinski definition) is 1. The van der Waals surface area contributed by atoms with E-state index in [1.54, 1.807) is 17.0 Å². The monoisotopic (exact) mass is 306 g/mol. The molecule has 0 saturated carbocycles. The van der Waals surface area contributed by atoms with Crippen LogP contribution in [0.3, 0.4) is 0 Å². The van der Waals surface area contributed by atoms with Gasteiger partial charge in [0, 0.05) is 18.6 Å². The van der Waals surface area contributed by atoms with Crippen LogP contribution < -0.4 is 14.8 Å². The van der Waals surface area contributed by atoms with Gasteiger partial charge in [-0.3, -0.25) is 9.59 Å². The van der Waals surface area contributed by atoms with E-state index in [1.807, 2.05) is 33.8 Å². The zero-order valence-corrected chi connectivity index (χ0v) is 13.4. The summed E-state index contributed by atoms with van der Waals surface area (Å²) < 4.78 is 10.5. The number of fused-ring (bicyclic) bond motifs is 1. The summed E-state index contributed by atoms with van der Waals surface area (Å²) in [5.74, 6) is 0.226. The molecule has 1 aliphatic rings. The van der Waals surface area contributed by atoms with Gasteiger partial charge >= 0.3 is 11.8 Å². The average Bonchev–Trinajstić information content (AvgIpc) is 2.91. The summed E-state index contributed by atoms with van der Waals surface area (Å²) in [5, 5.41) is 2.65. The highest BCUT2D eigenvalue weighted by molar-refractivity contribution is 6.35. The first-order valence-electron chi connectivity index (χ1n) is 7.31. The number of benzene rings is 1. The molecule has 120 valence electrons. The Bertz CT molecular complexity index is 578. The van der Waals surface area contributed by atoms with Crippen LogP contribution in [0.1, 0.15) is 33.3 Å². The average molecular weight is 306 g/mol. The van der Waals surface area contributed by atoms with E-state index in [0.29, 0.717) is 18.0 Å². The second-order valence-corrected chi connectivity index (χ2v) is 6.09. The first-order valence-corrected chi connectivity index (χ1v) is 7.31. The van der Waals surface area contributed by atoms with E-state index in [4.69, 9.17) is 9.47 Å². The van der Waals surface area contributed by atoms with E-state index < -0.39 is 11.8 Å². The number of rotatable bonds is 3. The Hall–Kier alpha value is -2.24. The van der Waals surface area contributed by atoms with Crippen molar-refractivity contribution in [1.82, 2.24) is 10.2 Å². The molecule has 0 unspecified atom stereocenters. The lowest BCUT2D eigenvalue weighted by molar-refractivity contribution is -0.149. The molecule has 0 radical (unpaired) electrons. The third-order valence-electron chi connectivity index (χ3n) is 3.46. The van der Waals surface area contributed by atoms with Crippen molar-refractivity contribution in [2.24, 2.45) is 0 Å². The van der Waals surface area contributed by atoms with E-state index in [2.05, 4.69) is 5.32 Å². The molecule has 1 aromatic rings. The Balaban J connectivity index is 1.96. The number of nitrogens with one attached hydrogen (secondary N) is 1. The van der Waals surface area contributed by atoms with Crippen molar-refractivity contribution < 1.29 is 19.1 Å². The zero-order chi connectivity index (χ0) is 16.3. The first kappa shape index (κ1) is 16.1. The van der Waals surface area contributed by atoms with Crippen molar-refractivity contribution in [1.29, 1.82) is 0 Å². The fraction of sp³-hybridized carbons (Fsp3) is 0.500. The van der Waals surface area contributed by atoms with Gasteiger partial charge in [0.25, 0.3) is 0 Å². The van der Waals surface area contributed by atoms with Crippen molar-refractivity contribution in [2.45, 2.75) is 39.8 Å². The Morgan fingerprint density at radius 3 is 2.55 bits per heavy atom. The summed E-state index contributed by atoms with van der Waals surface area (Å²) >= 11 is 0. The molecule has 6 nitrogen and oxygen atoms in total. The Kier molecular flexibility index (Phi) is 4.59. The minimum absolute atomic E-state index is 0.209. The maximum Gasteiger partial charge on any atom is 0.312 e. The van der Waals surface area contributed by atoms with E-state index >= 15 is 0 Å². The van der Waals surface area contributed by atoms with E-state index in [1.165, 1.54) is 0 Å². The summed E-state index contributed by atoms with van der Waals surface area (Å²) in [6.45, 7) is 8.52. The van der Waals surface area contributed by atoms with Crippen molar-refractivity contribution >= 4 is 11.8 Å². The van der Waals surface area contributed by atoms with Crippen LogP contribution in [0, 0.1) is 0 Å². The van der Waals surface area contributed by atoms with Crippen LogP contribution in [0.25, 0.3) is 0 Å². The highest BCUT2D eigenvalue weighted by Gasteiger charge is 2.29. The Morgan fingerprint density at radius 2 is 1.91 bits per heavy atom. The number of nitrogens with zero attached hydrogens (tertiary/aromatic N) is 1. The topological polar surface area (TPSA) is 67.9 Å². The summed E-state index contributed by atoms with van der Waals surface area (Å²) in [6, 6.07) is 5.42. The molecule has 1 aromatic carbocycles. The van der Waals surface area contributed by atoms with Gasteiger partial charge in [-0.2, -0.15) is 0 Å². The second kappa shape index (κ2) is 6.25. The van der Waals surface area contributed by atoms with Crippen LogP contribution in [0.4, 0.5) is 0 Å². The highest BCUT2D eigenvalue weighted by atomic mass is 16.7. The third kappa shape index (κ3) is 3.50. The van der Waals surface area contributed by atoms with Gasteiger partial charge < -0.3 is 19.7 Å². The predicted molar refractivity (Wildman–Crippen MR) is 81.6 cm³/mol. The van der Waals surface area contributed by atoms with Gasteiger partial charge in [-0.25, -0.2) is 0 Å². The highest BCUT2D eigenvalue weighted by Crippen LogP contribution is 2.32. The van der Waals surface area contributed by atoms with E-state index in [9.17, 15) is 9.59 Å². The normalized spacial score (nSPS) is 12.9. The van der Waals surface area contributed by atoms with Gasteiger partial charge in [0.2, 0.25) is 6.79 Å². The summed E-state index contributed by atoms with van der Waals surface area (Å²) in [7, 11) is 0. The van der Waals surface area contributed by atoms with Crippen LogP contribution in [0.15, 0.2) is 18.2 Å². The summed E-state index contributed by atoms with van der Waals surface area (Å²) in [5.41, 5.74) is 0.464. The molecule has 0 fully saturated rings. The molecule has 0 bridgehead atoms. The molecule has 6 heteroatoms. The van der Waals surface area contributed by atoms with Crippen LogP contribution in [0.5, 0.6) is 11.5 Å². The minimum Gasteiger partial charge on any atom is -0.454 e. The lowest BCUT2D eigenvalue weighted by Crippen LogP contribution is -2.51. The smallest absolute Gasteiger partial charge is 0.312 e. The number of likely N-dealkylation sites (N-methyl/N-ethyl adjacent to an activating group) is 1. The molecule has 0 aromatic heterocycles. The lowest BCUT2D eigenvalue weighted by Gasteiger charge is -2.34. The second-order valence-electron chi connectivity index (χ2n) is 6.09. The molecule has 2 amide bonds. The lowest BCUT2D eigenvalue weighted by atomic mass is 10.1. The van der Waals surface area contributed by atoms with Gasteiger partial charge in [-0.05, 0) is 45.4 Å². The molecule has 1 aliphatic heterocycles. The van der Waals surface area contributed by atoms with Crippen molar-refractivity contribution in [3.8, 4) is 11.5 Å². The SMILES string of the molecule is CCN(C(=O)C(=O)NCc1ccc2c(c1)OCO2)C(C)(C)C. The number of carbonyl (C=O) groups is 2. The molecule has 0 saturated heterocycles. The van der Waals surface area contributed by atoms with Gasteiger partial charge in [0.15, 0.2) is 11.5 Å². The van der Waals surface area contributed by atoms with Crippen molar-refractivity contribution in [2.75, 3.05) is 13.3 Å². The maximum atomic E-state index is 12.2. The van der Waals surface area contributed by atoms with E-state index in [0.717, 1.165) is 5.56 Å². The molecule has 1 heterocycles. The minimum atomic E-state index is -0.602. The summed E-state index contributed by atoms with van der Waals surface area (Å²) in [4.78, 5) is 25.8. The number of ether oxygens (including phenoxy) is 2. The molecule has 2 rings (SSSR count). The molecule has 22 heavy (non-hydrogen) atoms. The fourth-order valence-corrected chi connectivity index (χ4v) is 2.35. The standard InChI is InChI=1S/C16H22N2O4/c1-5-18(16(2,3)4)15(20)14(19)17-9-11-6-7-12-13(8-11)22-10-21-12/h6-8H,5,9-10H2,1-4H3,(H,17,19). The number of hydrogen-bond acceptors (Lipinski definition) is 4. The van der Waals surface area contributed by atoms with Crippen LogP contribution in [-0.2, 0) is 16.1 Å². The molecular weight excluding hydrogens is 284 g/mol. The number of carbonyl (C=O) groups excluding carboxylic acids is 2.